The van der Waals surface area contributed by atoms with E-state index in [-0.39, 0.29) is 36.0 Å². The Hall–Kier alpha value is -2.92. The number of sulfone groups is 1. The molecule has 0 amide bonds. The van der Waals surface area contributed by atoms with Crippen LogP contribution in [0.15, 0.2) is 30.7 Å². The van der Waals surface area contributed by atoms with E-state index >= 15 is 0 Å². The van der Waals surface area contributed by atoms with Crippen LogP contribution in [0, 0.1) is 5.92 Å². The lowest BCUT2D eigenvalue weighted by Crippen LogP contribution is -2.57. The summed E-state index contributed by atoms with van der Waals surface area (Å²) in [6, 6.07) is 3.81. The van der Waals surface area contributed by atoms with E-state index in [9.17, 15) is 17.9 Å². The van der Waals surface area contributed by atoms with E-state index in [1.165, 1.54) is 13.2 Å². The van der Waals surface area contributed by atoms with Crippen LogP contribution in [0.5, 0.6) is 0 Å². The molecule has 1 aliphatic heterocycles. The van der Waals surface area contributed by atoms with Crippen molar-refractivity contribution in [1.29, 1.82) is 0 Å². The molecule has 3 aromatic rings. The molecule has 0 bridgehead atoms. The first-order valence-corrected chi connectivity index (χ1v) is 15.6. The number of aromatic nitrogens is 4. The van der Waals surface area contributed by atoms with Crippen LogP contribution in [0.3, 0.4) is 0 Å². The van der Waals surface area contributed by atoms with Crippen molar-refractivity contribution in [2.45, 2.75) is 76.6 Å². The van der Waals surface area contributed by atoms with E-state index in [0.29, 0.717) is 36.8 Å². The van der Waals surface area contributed by atoms with Gasteiger partial charge in [-0.3, -0.25) is 0 Å². The van der Waals surface area contributed by atoms with Crippen molar-refractivity contribution in [2.75, 3.05) is 28.8 Å². The summed E-state index contributed by atoms with van der Waals surface area (Å²) in [5.74, 6) is 2.87. The van der Waals surface area contributed by atoms with Gasteiger partial charge in [-0.1, -0.05) is 13.8 Å². The average Bonchev–Trinajstić information content (AvgIpc) is 2.86. The molecule has 1 saturated carbocycles. The zero-order chi connectivity index (χ0) is 28.1. The Morgan fingerprint density at radius 1 is 1.18 bits per heavy atom. The fourth-order valence-corrected chi connectivity index (χ4v) is 6.98. The average molecular weight is 557 g/mol. The quantitative estimate of drug-likeness (QED) is 0.433. The maximum absolute atomic E-state index is 14.8. The molecule has 0 unspecified atom stereocenters. The highest BCUT2D eigenvalue weighted by molar-refractivity contribution is 7.90. The van der Waals surface area contributed by atoms with E-state index in [4.69, 9.17) is 4.98 Å². The predicted molar refractivity (Wildman–Crippen MR) is 151 cm³/mol. The van der Waals surface area contributed by atoms with Crippen LogP contribution in [-0.4, -0.2) is 69.8 Å². The van der Waals surface area contributed by atoms with E-state index < -0.39 is 21.6 Å². The third-order valence-electron chi connectivity index (χ3n) is 8.22. The molecule has 1 saturated heterocycles. The summed E-state index contributed by atoms with van der Waals surface area (Å²) >= 11 is 0. The van der Waals surface area contributed by atoms with Crippen LogP contribution in [0.1, 0.15) is 70.2 Å². The second-order valence-corrected chi connectivity index (χ2v) is 13.9. The molecule has 39 heavy (non-hydrogen) atoms. The van der Waals surface area contributed by atoms with Gasteiger partial charge in [0.25, 0.3) is 0 Å². The molecule has 0 aromatic carbocycles. The van der Waals surface area contributed by atoms with Gasteiger partial charge in [-0.15, -0.1) is 0 Å². The SMILES string of the molecule is CC(C)c1cnc(N2C[C@@H](CS(C)(=O)=O)[C@@H]2C)c2cnc(Nc3ccnc([C@H]4CC[C@@H](O)[C@@](C)(F)C4)n3)cc12. The lowest BCUT2D eigenvalue weighted by atomic mass is 9.78. The largest absolute Gasteiger partial charge is 0.390 e. The van der Waals surface area contributed by atoms with Crippen LogP contribution >= 0.6 is 0 Å². The lowest BCUT2D eigenvalue weighted by Gasteiger charge is -2.47. The summed E-state index contributed by atoms with van der Waals surface area (Å²) in [4.78, 5) is 20.6. The predicted octanol–water partition coefficient (Wildman–Crippen LogP) is 4.51. The van der Waals surface area contributed by atoms with Crippen molar-refractivity contribution in [3.05, 3.63) is 42.1 Å². The maximum atomic E-state index is 14.8. The molecule has 0 spiro atoms. The molecule has 2 fully saturated rings. The number of aliphatic hydroxyl groups excluding tert-OH is 1. The fourth-order valence-electron chi connectivity index (χ4n) is 5.82. The number of pyridine rings is 2. The number of hydrogen-bond acceptors (Lipinski definition) is 9. The molecule has 2 aliphatic rings. The van der Waals surface area contributed by atoms with Crippen LogP contribution in [0.25, 0.3) is 10.8 Å². The van der Waals surface area contributed by atoms with Gasteiger partial charge in [0.05, 0.1) is 11.9 Å². The number of fused-ring (bicyclic) bond motifs is 1. The number of aliphatic hydroxyl groups is 1. The van der Waals surface area contributed by atoms with Gasteiger partial charge in [-0.05, 0) is 62.1 Å². The molecule has 2 N–H and O–H groups in total. The standard InChI is InChI=1S/C28H37FN6O3S/c1-16(2)21-12-32-27(35-14-19(17(35)3)15-39(5,37)38)22-13-31-25(10-20(21)22)33-24-8-9-30-26(34-24)18-6-7-23(36)28(4,29)11-18/h8-10,12-13,16-19,23,36H,6-7,11,14-15H2,1-5H3,(H,30,31,33,34)/t17-,18-,19-,23+,28-/m0/s1. The second kappa shape index (κ2) is 10.2. The molecule has 5 atom stereocenters. The van der Waals surface area contributed by atoms with Gasteiger partial charge in [0.1, 0.15) is 38.8 Å². The lowest BCUT2D eigenvalue weighted by molar-refractivity contribution is -0.0343. The number of anilines is 3. The highest BCUT2D eigenvalue weighted by Crippen LogP contribution is 2.40. The number of nitrogens with one attached hydrogen (secondary N) is 1. The summed E-state index contributed by atoms with van der Waals surface area (Å²) in [5, 5.41) is 15.2. The number of alkyl halides is 1. The summed E-state index contributed by atoms with van der Waals surface area (Å²) in [6.07, 6.45) is 6.88. The van der Waals surface area contributed by atoms with E-state index in [1.807, 2.05) is 25.4 Å². The second-order valence-electron chi connectivity index (χ2n) is 11.7. The van der Waals surface area contributed by atoms with Crippen molar-refractivity contribution in [3.63, 3.8) is 0 Å². The van der Waals surface area contributed by atoms with Crippen molar-refractivity contribution in [2.24, 2.45) is 5.92 Å². The van der Waals surface area contributed by atoms with Gasteiger partial charge in [0.2, 0.25) is 0 Å². The number of hydrogen-bond donors (Lipinski definition) is 2. The highest BCUT2D eigenvalue weighted by Gasteiger charge is 2.41. The van der Waals surface area contributed by atoms with Gasteiger partial charge in [0.15, 0.2) is 0 Å². The molecular weight excluding hydrogens is 519 g/mol. The Kier molecular flexibility index (Phi) is 7.26. The van der Waals surface area contributed by atoms with Crippen LogP contribution in [0.4, 0.5) is 21.8 Å². The van der Waals surface area contributed by atoms with E-state index in [1.54, 1.807) is 12.3 Å². The molecule has 9 nitrogen and oxygen atoms in total. The summed E-state index contributed by atoms with van der Waals surface area (Å²) < 4.78 is 38.4. The molecular formula is C28H37FN6O3S. The minimum atomic E-state index is -3.05. The van der Waals surface area contributed by atoms with Gasteiger partial charge in [-0.2, -0.15) is 0 Å². The maximum Gasteiger partial charge on any atom is 0.147 e. The Labute approximate surface area is 229 Å². The Bertz CT molecular complexity index is 1480. The van der Waals surface area contributed by atoms with Gasteiger partial charge in [0, 0.05) is 54.7 Å². The molecule has 4 heterocycles. The molecule has 210 valence electrons. The monoisotopic (exact) mass is 556 g/mol. The van der Waals surface area contributed by atoms with Gasteiger partial charge >= 0.3 is 0 Å². The van der Waals surface area contributed by atoms with Crippen molar-refractivity contribution in [3.8, 4) is 0 Å². The minimum Gasteiger partial charge on any atom is -0.390 e. The van der Waals surface area contributed by atoms with Crippen LogP contribution in [-0.2, 0) is 9.84 Å². The zero-order valence-corrected chi connectivity index (χ0v) is 23.9. The Morgan fingerprint density at radius 3 is 2.62 bits per heavy atom. The molecule has 5 rings (SSSR count). The van der Waals surface area contributed by atoms with Crippen molar-refractivity contribution >= 4 is 38.1 Å². The highest BCUT2D eigenvalue weighted by atomic mass is 32.2. The van der Waals surface area contributed by atoms with Crippen molar-refractivity contribution in [1.82, 2.24) is 19.9 Å². The summed E-state index contributed by atoms with van der Waals surface area (Å²) in [5.41, 5.74) is -0.570. The third-order valence-corrected chi connectivity index (χ3v) is 9.26. The first kappa shape index (κ1) is 27.6. The number of rotatable bonds is 7. The minimum absolute atomic E-state index is 0.0599. The first-order chi connectivity index (χ1) is 18.3. The number of nitrogens with zero attached hydrogens (tertiary/aromatic N) is 5. The summed E-state index contributed by atoms with van der Waals surface area (Å²) in [7, 11) is -3.05. The summed E-state index contributed by atoms with van der Waals surface area (Å²) in [6.45, 7) is 8.35. The zero-order valence-electron chi connectivity index (χ0n) is 23.1. The number of halogens is 1. The van der Waals surface area contributed by atoms with Crippen LogP contribution < -0.4 is 10.2 Å². The van der Waals surface area contributed by atoms with Gasteiger partial charge in [-0.25, -0.2) is 32.7 Å². The smallest absolute Gasteiger partial charge is 0.147 e. The van der Waals surface area contributed by atoms with E-state index in [0.717, 1.165) is 22.2 Å². The normalized spacial score (nSPS) is 27.5. The molecule has 3 aromatic heterocycles. The fraction of sp³-hybridized carbons (Fsp3) is 0.571. The topological polar surface area (TPSA) is 121 Å². The van der Waals surface area contributed by atoms with E-state index in [2.05, 4.69) is 39.0 Å². The molecule has 11 heteroatoms. The third kappa shape index (κ3) is 5.70. The van der Waals surface area contributed by atoms with Crippen molar-refractivity contribution < 1.29 is 17.9 Å². The molecule has 1 aliphatic carbocycles. The Morgan fingerprint density at radius 2 is 1.95 bits per heavy atom. The first-order valence-electron chi connectivity index (χ1n) is 13.5. The Balaban J connectivity index is 1.41. The molecule has 0 radical (unpaired) electrons. The van der Waals surface area contributed by atoms with Gasteiger partial charge < -0.3 is 15.3 Å². The van der Waals surface area contributed by atoms with Crippen LogP contribution in [0.2, 0.25) is 0 Å².